The molecule has 0 spiro atoms. The van der Waals surface area contributed by atoms with E-state index in [0.29, 0.717) is 6.54 Å². The highest BCUT2D eigenvalue weighted by Gasteiger charge is 2.18. The molecule has 0 aliphatic rings. The maximum Gasteiger partial charge on any atom is 0.241 e. The number of nitrogens with zero attached hydrogens (tertiary/aromatic N) is 4. The van der Waals surface area contributed by atoms with Crippen molar-refractivity contribution in [3.8, 4) is 0 Å². The van der Waals surface area contributed by atoms with Gasteiger partial charge in [-0.15, -0.1) is 0 Å². The van der Waals surface area contributed by atoms with E-state index < -0.39 is 0 Å². The first-order valence-corrected chi connectivity index (χ1v) is 7.02. The van der Waals surface area contributed by atoms with Gasteiger partial charge >= 0.3 is 0 Å². The summed E-state index contributed by atoms with van der Waals surface area (Å²) in [6, 6.07) is 0. The Morgan fingerprint density at radius 2 is 2.00 bits per heavy atom. The van der Waals surface area contributed by atoms with Crippen molar-refractivity contribution in [1.29, 1.82) is 0 Å². The third-order valence-corrected chi connectivity index (χ3v) is 3.27. The first-order valence-electron chi connectivity index (χ1n) is 7.02. The summed E-state index contributed by atoms with van der Waals surface area (Å²) in [5.41, 5.74) is 2.17. The number of carbonyl (C=O) groups is 1. The molecule has 1 amide bonds. The van der Waals surface area contributed by atoms with Crippen molar-refractivity contribution in [2.45, 2.75) is 26.8 Å². The number of aryl methyl sites for hydroxylation is 2. The van der Waals surface area contributed by atoms with E-state index in [0.717, 1.165) is 36.6 Å². The van der Waals surface area contributed by atoms with Gasteiger partial charge in [0.2, 0.25) is 5.91 Å². The van der Waals surface area contributed by atoms with Crippen molar-refractivity contribution in [2.75, 3.05) is 39.1 Å². The van der Waals surface area contributed by atoms with Crippen LogP contribution in [0.4, 0.5) is 5.82 Å². The molecule has 0 fully saturated rings. The Morgan fingerprint density at radius 1 is 1.35 bits per heavy atom. The smallest absolute Gasteiger partial charge is 0.241 e. The van der Waals surface area contributed by atoms with Crippen LogP contribution in [0.15, 0.2) is 0 Å². The molecule has 6 nitrogen and oxygen atoms in total. The summed E-state index contributed by atoms with van der Waals surface area (Å²) in [7, 11) is 7.40. The summed E-state index contributed by atoms with van der Waals surface area (Å²) >= 11 is 0. The standard InChI is InChI=1S/C14H27N5O/c1-7-8-15-9-12-11(2)16-19(6)14(12)18(5)10-13(20)17(3)4/h15H,7-10H2,1-6H3. The summed E-state index contributed by atoms with van der Waals surface area (Å²) in [6.07, 6.45) is 1.10. The molecular weight excluding hydrogens is 254 g/mol. The van der Waals surface area contributed by atoms with Crippen molar-refractivity contribution < 1.29 is 4.79 Å². The fourth-order valence-electron chi connectivity index (χ4n) is 2.18. The number of anilines is 1. The van der Waals surface area contributed by atoms with Crippen molar-refractivity contribution in [2.24, 2.45) is 7.05 Å². The summed E-state index contributed by atoms with van der Waals surface area (Å²) in [5, 5.41) is 7.87. The van der Waals surface area contributed by atoms with Crippen LogP contribution >= 0.6 is 0 Å². The van der Waals surface area contributed by atoms with Crippen LogP contribution in [0.5, 0.6) is 0 Å². The van der Waals surface area contributed by atoms with Crippen LogP contribution < -0.4 is 10.2 Å². The molecule has 20 heavy (non-hydrogen) atoms. The highest BCUT2D eigenvalue weighted by atomic mass is 16.2. The van der Waals surface area contributed by atoms with Gasteiger partial charge in [-0.25, -0.2) is 0 Å². The van der Waals surface area contributed by atoms with Gasteiger partial charge in [0, 0.05) is 40.3 Å². The van der Waals surface area contributed by atoms with E-state index in [1.54, 1.807) is 19.0 Å². The normalized spacial score (nSPS) is 10.7. The average molecular weight is 281 g/mol. The van der Waals surface area contributed by atoms with Gasteiger partial charge in [-0.2, -0.15) is 5.10 Å². The van der Waals surface area contributed by atoms with E-state index >= 15 is 0 Å². The van der Waals surface area contributed by atoms with Gasteiger partial charge in [0.1, 0.15) is 5.82 Å². The lowest BCUT2D eigenvalue weighted by Crippen LogP contribution is -2.35. The number of hydrogen-bond acceptors (Lipinski definition) is 4. The minimum Gasteiger partial charge on any atom is -0.350 e. The summed E-state index contributed by atoms with van der Waals surface area (Å²) in [6.45, 7) is 6.27. The van der Waals surface area contributed by atoms with Gasteiger partial charge in [0.25, 0.3) is 0 Å². The zero-order chi connectivity index (χ0) is 15.3. The Kier molecular flexibility index (Phi) is 6.01. The third kappa shape index (κ3) is 3.96. The van der Waals surface area contributed by atoms with Crippen molar-refractivity contribution in [1.82, 2.24) is 20.0 Å². The monoisotopic (exact) mass is 281 g/mol. The first kappa shape index (κ1) is 16.5. The molecule has 1 aromatic rings. The zero-order valence-corrected chi connectivity index (χ0v) is 13.5. The highest BCUT2D eigenvalue weighted by Crippen LogP contribution is 2.22. The molecule has 0 unspecified atom stereocenters. The Morgan fingerprint density at radius 3 is 2.55 bits per heavy atom. The van der Waals surface area contributed by atoms with Crippen molar-refractivity contribution in [3.63, 3.8) is 0 Å². The largest absolute Gasteiger partial charge is 0.350 e. The number of hydrogen-bond donors (Lipinski definition) is 1. The van der Waals surface area contributed by atoms with E-state index in [1.807, 2.05) is 30.6 Å². The number of amides is 1. The second-order valence-electron chi connectivity index (χ2n) is 5.33. The zero-order valence-electron chi connectivity index (χ0n) is 13.5. The molecule has 114 valence electrons. The Balaban J connectivity index is 2.89. The molecule has 0 radical (unpaired) electrons. The van der Waals surface area contributed by atoms with Gasteiger partial charge in [-0.3, -0.25) is 9.48 Å². The summed E-state index contributed by atoms with van der Waals surface area (Å²) in [5.74, 6) is 1.08. The van der Waals surface area contributed by atoms with Crippen LogP contribution in [0.2, 0.25) is 0 Å². The van der Waals surface area contributed by atoms with Crippen LogP contribution in [0.1, 0.15) is 24.6 Å². The van der Waals surface area contributed by atoms with E-state index in [1.165, 1.54) is 0 Å². The molecule has 1 aromatic heterocycles. The van der Waals surface area contributed by atoms with Crippen LogP contribution in [-0.2, 0) is 18.4 Å². The summed E-state index contributed by atoms with van der Waals surface area (Å²) in [4.78, 5) is 15.4. The number of aromatic nitrogens is 2. The van der Waals surface area contributed by atoms with E-state index in [2.05, 4.69) is 17.3 Å². The van der Waals surface area contributed by atoms with Gasteiger partial charge < -0.3 is 15.1 Å². The van der Waals surface area contributed by atoms with E-state index in [-0.39, 0.29) is 5.91 Å². The fourth-order valence-corrected chi connectivity index (χ4v) is 2.18. The van der Waals surface area contributed by atoms with E-state index in [9.17, 15) is 4.79 Å². The molecule has 0 saturated heterocycles. The lowest BCUT2D eigenvalue weighted by atomic mass is 10.2. The fraction of sp³-hybridized carbons (Fsp3) is 0.714. The molecule has 0 aliphatic carbocycles. The predicted molar refractivity (Wildman–Crippen MR) is 81.9 cm³/mol. The van der Waals surface area contributed by atoms with E-state index in [4.69, 9.17) is 0 Å². The Bertz CT molecular complexity index is 453. The van der Waals surface area contributed by atoms with Crippen LogP contribution in [0.25, 0.3) is 0 Å². The average Bonchev–Trinajstić information content (AvgIpc) is 2.64. The maximum atomic E-state index is 11.9. The molecule has 1 rings (SSSR count). The Labute approximate surface area is 121 Å². The molecule has 0 saturated carbocycles. The molecule has 1 N–H and O–H groups in total. The van der Waals surface area contributed by atoms with Crippen LogP contribution in [0.3, 0.4) is 0 Å². The number of likely N-dealkylation sites (N-methyl/N-ethyl adjacent to an activating group) is 2. The SMILES string of the molecule is CCCNCc1c(C)nn(C)c1N(C)CC(=O)N(C)C. The Hall–Kier alpha value is -1.56. The first-order chi connectivity index (χ1) is 9.38. The predicted octanol–water partition coefficient (Wildman–Crippen LogP) is 0.753. The van der Waals surface area contributed by atoms with Gasteiger partial charge in [-0.1, -0.05) is 6.92 Å². The summed E-state index contributed by atoms with van der Waals surface area (Å²) < 4.78 is 1.85. The molecule has 0 bridgehead atoms. The van der Waals surface area contributed by atoms with Gasteiger partial charge in [-0.05, 0) is 19.9 Å². The molecule has 1 heterocycles. The lowest BCUT2D eigenvalue weighted by Gasteiger charge is -2.22. The van der Waals surface area contributed by atoms with Gasteiger partial charge in [0.15, 0.2) is 0 Å². The molecule has 0 aromatic carbocycles. The highest BCUT2D eigenvalue weighted by molar-refractivity contribution is 5.80. The second-order valence-corrected chi connectivity index (χ2v) is 5.33. The minimum absolute atomic E-state index is 0.0822. The number of rotatable bonds is 7. The van der Waals surface area contributed by atoms with Crippen molar-refractivity contribution >= 4 is 11.7 Å². The van der Waals surface area contributed by atoms with Crippen molar-refractivity contribution in [3.05, 3.63) is 11.3 Å². The second kappa shape index (κ2) is 7.28. The molecule has 0 atom stereocenters. The molecular formula is C14H27N5O. The third-order valence-electron chi connectivity index (χ3n) is 3.27. The lowest BCUT2D eigenvalue weighted by molar-refractivity contribution is -0.127. The number of carbonyl (C=O) groups excluding carboxylic acids is 1. The quantitative estimate of drug-likeness (QED) is 0.750. The van der Waals surface area contributed by atoms with Crippen LogP contribution in [-0.4, -0.2) is 54.8 Å². The number of nitrogens with one attached hydrogen (secondary N) is 1. The van der Waals surface area contributed by atoms with Crippen LogP contribution in [0, 0.1) is 6.92 Å². The topological polar surface area (TPSA) is 53.4 Å². The molecule has 0 aliphatic heterocycles. The minimum atomic E-state index is 0.0822. The molecule has 6 heteroatoms. The van der Waals surface area contributed by atoms with Gasteiger partial charge in [0.05, 0.1) is 12.2 Å². The maximum absolute atomic E-state index is 11.9.